The second-order valence-electron chi connectivity index (χ2n) is 4.11. The molecule has 0 saturated heterocycles. The Bertz CT molecular complexity index is 769. The summed E-state index contributed by atoms with van der Waals surface area (Å²) in [5.74, 6) is -1.41. The number of rotatable bonds is 2. The number of nitrogens with two attached hydrogens (primary N) is 1. The number of anilines is 1. The quantitative estimate of drug-likeness (QED) is 0.732. The lowest BCUT2D eigenvalue weighted by Gasteiger charge is -2.06. The highest BCUT2D eigenvalue weighted by molar-refractivity contribution is 7.99. The molecule has 0 radical (unpaired) electrons. The van der Waals surface area contributed by atoms with Gasteiger partial charge in [-0.3, -0.25) is 4.98 Å². The number of para-hydroxylation sites is 2. The molecule has 0 aliphatic heterocycles. The molecule has 0 bridgehead atoms. The molecule has 2 N–H and O–H groups in total. The van der Waals surface area contributed by atoms with Gasteiger partial charge in [-0.15, -0.1) is 0 Å². The van der Waals surface area contributed by atoms with Gasteiger partial charge in [-0.25, -0.2) is 13.8 Å². The van der Waals surface area contributed by atoms with Gasteiger partial charge in [0.2, 0.25) is 0 Å². The lowest BCUT2D eigenvalue weighted by molar-refractivity contribution is 0.541. The zero-order valence-electron chi connectivity index (χ0n) is 10.2. The van der Waals surface area contributed by atoms with Crippen LogP contribution < -0.4 is 5.73 Å². The van der Waals surface area contributed by atoms with Crippen molar-refractivity contribution in [2.75, 3.05) is 5.73 Å². The van der Waals surface area contributed by atoms with Crippen molar-refractivity contribution in [3.8, 4) is 0 Å². The predicted molar refractivity (Wildman–Crippen MR) is 74.4 cm³/mol. The van der Waals surface area contributed by atoms with Crippen LogP contribution in [0.3, 0.4) is 0 Å². The molecular weight excluding hydrogens is 280 g/mol. The van der Waals surface area contributed by atoms with E-state index < -0.39 is 11.6 Å². The summed E-state index contributed by atoms with van der Waals surface area (Å²) in [6.45, 7) is 0. The summed E-state index contributed by atoms with van der Waals surface area (Å²) in [4.78, 5) is 8.38. The molecule has 3 aromatic rings. The first-order valence-electron chi connectivity index (χ1n) is 5.77. The minimum Gasteiger partial charge on any atom is -0.399 e. The fourth-order valence-corrected chi connectivity index (χ4v) is 2.54. The van der Waals surface area contributed by atoms with Gasteiger partial charge >= 0.3 is 0 Å². The van der Waals surface area contributed by atoms with Crippen LogP contribution in [0.1, 0.15) is 0 Å². The first-order valence-corrected chi connectivity index (χ1v) is 6.59. The first kappa shape index (κ1) is 12.8. The van der Waals surface area contributed by atoms with Crippen molar-refractivity contribution in [2.24, 2.45) is 0 Å². The molecule has 20 heavy (non-hydrogen) atoms. The molecule has 1 heterocycles. The summed E-state index contributed by atoms with van der Waals surface area (Å²) >= 11 is 0.885. The van der Waals surface area contributed by atoms with Crippen LogP contribution >= 0.6 is 11.8 Å². The van der Waals surface area contributed by atoms with E-state index in [0.717, 1.165) is 29.4 Å². The van der Waals surface area contributed by atoms with Crippen molar-refractivity contribution in [3.63, 3.8) is 0 Å². The molecule has 100 valence electrons. The molecule has 1 aromatic heterocycles. The topological polar surface area (TPSA) is 51.8 Å². The number of fused-ring (bicyclic) bond motifs is 1. The van der Waals surface area contributed by atoms with Gasteiger partial charge in [0.05, 0.1) is 22.1 Å². The van der Waals surface area contributed by atoms with Crippen LogP contribution in [0.4, 0.5) is 14.5 Å². The molecule has 3 rings (SSSR count). The Hall–Kier alpha value is -2.21. The highest BCUT2D eigenvalue weighted by Gasteiger charge is 2.13. The SMILES string of the molecule is Nc1cc(F)c(Sc2cnc3ccccc3n2)c(F)c1. The second kappa shape index (κ2) is 5.05. The molecule has 2 aromatic carbocycles. The Morgan fingerprint density at radius 1 is 1.00 bits per heavy atom. The van der Waals surface area contributed by atoms with E-state index in [4.69, 9.17) is 5.73 Å². The van der Waals surface area contributed by atoms with Crippen molar-refractivity contribution >= 4 is 28.5 Å². The zero-order chi connectivity index (χ0) is 14.1. The van der Waals surface area contributed by atoms with E-state index in [1.807, 2.05) is 18.2 Å². The van der Waals surface area contributed by atoms with Gasteiger partial charge in [-0.1, -0.05) is 23.9 Å². The van der Waals surface area contributed by atoms with E-state index in [9.17, 15) is 8.78 Å². The molecule has 6 heteroatoms. The Morgan fingerprint density at radius 3 is 2.35 bits per heavy atom. The lowest BCUT2D eigenvalue weighted by Crippen LogP contribution is -1.94. The van der Waals surface area contributed by atoms with Crippen molar-refractivity contribution in [1.29, 1.82) is 0 Å². The largest absolute Gasteiger partial charge is 0.399 e. The Morgan fingerprint density at radius 2 is 1.65 bits per heavy atom. The fourth-order valence-electron chi connectivity index (χ4n) is 1.77. The maximum atomic E-state index is 13.7. The summed E-state index contributed by atoms with van der Waals surface area (Å²) < 4.78 is 27.4. The highest BCUT2D eigenvalue weighted by atomic mass is 32.2. The summed E-state index contributed by atoms with van der Waals surface area (Å²) in [5.41, 5.74) is 6.84. The van der Waals surface area contributed by atoms with Gasteiger partial charge in [0.15, 0.2) is 0 Å². The van der Waals surface area contributed by atoms with E-state index in [1.165, 1.54) is 6.20 Å². The second-order valence-corrected chi connectivity index (χ2v) is 5.14. The Balaban J connectivity index is 2.01. The summed E-state index contributed by atoms with van der Waals surface area (Å²) in [7, 11) is 0. The summed E-state index contributed by atoms with van der Waals surface area (Å²) in [6.07, 6.45) is 1.49. The number of hydrogen-bond donors (Lipinski definition) is 1. The third-order valence-corrected chi connectivity index (χ3v) is 3.65. The van der Waals surface area contributed by atoms with Gasteiger partial charge in [0, 0.05) is 5.69 Å². The molecule has 0 unspecified atom stereocenters. The van der Waals surface area contributed by atoms with Crippen LogP contribution in [-0.4, -0.2) is 9.97 Å². The molecular formula is C14H9F2N3S. The van der Waals surface area contributed by atoms with E-state index >= 15 is 0 Å². The molecule has 3 nitrogen and oxygen atoms in total. The summed E-state index contributed by atoms with van der Waals surface area (Å²) in [5, 5.41) is 0.422. The summed E-state index contributed by atoms with van der Waals surface area (Å²) in [6, 6.07) is 9.46. The first-order chi connectivity index (χ1) is 9.63. The van der Waals surface area contributed by atoms with Crippen LogP contribution in [0.2, 0.25) is 0 Å². The van der Waals surface area contributed by atoms with Gasteiger partial charge in [-0.2, -0.15) is 0 Å². The highest BCUT2D eigenvalue weighted by Crippen LogP contribution is 2.32. The van der Waals surface area contributed by atoms with E-state index in [1.54, 1.807) is 6.07 Å². The van der Waals surface area contributed by atoms with Crippen LogP contribution in [0.25, 0.3) is 11.0 Å². The van der Waals surface area contributed by atoms with Gasteiger partial charge < -0.3 is 5.73 Å². The van der Waals surface area contributed by atoms with Crippen LogP contribution in [0.15, 0.2) is 52.5 Å². The molecule has 0 fully saturated rings. The smallest absolute Gasteiger partial charge is 0.142 e. The number of nitrogens with zero attached hydrogens (tertiary/aromatic N) is 2. The Kier molecular flexibility index (Phi) is 3.23. The number of hydrogen-bond acceptors (Lipinski definition) is 4. The number of benzene rings is 2. The third-order valence-electron chi connectivity index (χ3n) is 2.65. The van der Waals surface area contributed by atoms with E-state index in [0.29, 0.717) is 10.5 Å². The number of nitrogen functional groups attached to an aromatic ring is 1. The standard InChI is InChI=1S/C14H9F2N3S/c15-9-5-8(17)6-10(16)14(9)20-13-7-18-11-3-1-2-4-12(11)19-13/h1-7H,17H2. The molecule has 0 spiro atoms. The van der Waals surface area contributed by atoms with Gasteiger partial charge in [-0.05, 0) is 24.3 Å². The van der Waals surface area contributed by atoms with Crippen LogP contribution in [-0.2, 0) is 0 Å². The molecule has 0 saturated carbocycles. The van der Waals surface area contributed by atoms with Gasteiger partial charge in [0.25, 0.3) is 0 Å². The van der Waals surface area contributed by atoms with Crippen molar-refractivity contribution < 1.29 is 8.78 Å². The molecule has 0 aliphatic carbocycles. The Labute approximate surface area is 117 Å². The van der Waals surface area contributed by atoms with Crippen molar-refractivity contribution in [1.82, 2.24) is 9.97 Å². The molecule has 0 amide bonds. The zero-order valence-corrected chi connectivity index (χ0v) is 11.0. The number of halogens is 2. The van der Waals surface area contributed by atoms with Crippen LogP contribution in [0, 0.1) is 11.6 Å². The minimum atomic E-state index is -0.706. The average Bonchev–Trinajstić information content (AvgIpc) is 2.42. The average molecular weight is 289 g/mol. The molecule has 0 aliphatic rings. The minimum absolute atomic E-state index is 0.0499. The van der Waals surface area contributed by atoms with Gasteiger partial charge in [0.1, 0.15) is 16.7 Å². The van der Waals surface area contributed by atoms with E-state index in [-0.39, 0.29) is 10.6 Å². The maximum absolute atomic E-state index is 13.7. The van der Waals surface area contributed by atoms with Crippen LogP contribution in [0.5, 0.6) is 0 Å². The third kappa shape index (κ3) is 2.42. The lowest BCUT2D eigenvalue weighted by atomic mass is 10.3. The number of aromatic nitrogens is 2. The predicted octanol–water partition coefficient (Wildman–Crippen LogP) is 3.64. The van der Waals surface area contributed by atoms with Crippen molar-refractivity contribution in [3.05, 3.63) is 54.2 Å². The van der Waals surface area contributed by atoms with E-state index in [2.05, 4.69) is 9.97 Å². The maximum Gasteiger partial charge on any atom is 0.142 e. The normalized spacial score (nSPS) is 10.9. The monoisotopic (exact) mass is 289 g/mol. The van der Waals surface area contributed by atoms with Crippen molar-refractivity contribution in [2.45, 2.75) is 9.92 Å². The molecule has 0 atom stereocenters. The fraction of sp³-hybridized carbons (Fsp3) is 0.